The number of rotatable bonds is 4. The van der Waals surface area contributed by atoms with Gasteiger partial charge in [-0.1, -0.05) is 54.6 Å². The molecule has 23 heavy (non-hydrogen) atoms. The van der Waals surface area contributed by atoms with Crippen molar-refractivity contribution in [1.29, 1.82) is 0 Å². The third-order valence-corrected chi connectivity index (χ3v) is 4.57. The van der Waals surface area contributed by atoms with Crippen molar-refractivity contribution in [2.24, 2.45) is 0 Å². The highest BCUT2D eigenvalue weighted by Gasteiger charge is 2.48. The molecule has 4 nitrogen and oxygen atoms in total. The Labute approximate surface area is 135 Å². The molecule has 2 aliphatic rings. The van der Waals surface area contributed by atoms with Crippen LogP contribution >= 0.6 is 0 Å². The van der Waals surface area contributed by atoms with Gasteiger partial charge < -0.3 is 19.3 Å². The van der Waals surface area contributed by atoms with E-state index in [1.54, 1.807) is 0 Å². The summed E-state index contributed by atoms with van der Waals surface area (Å²) in [6.07, 6.45) is -0.970. The lowest BCUT2D eigenvalue weighted by atomic mass is 9.94. The van der Waals surface area contributed by atoms with Crippen LogP contribution in [0.15, 0.2) is 54.6 Å². The van der Waals surface area contributed by atoms with E-state index in [1.165, 1.54) is 0 Å². The molecule has 4 rings (SSSR count). The quantitative estimate of drug-likeness (QED) is 0.943. The molecule has 0 aromatic heterocycles. The van der Waals surface area contributed by atoms with Gasteiger partial charge in [-0.05, 0) is 16.7 Å². The maximum absolute atomic E-state index is 9.67. The topological polar surface area (TPSA) is 47.9 Å². The molecule has 120 valence electrons. The fraction of sp³-hybridized carbons (Fsp3) is 0.368. The Bertz CT molecular complexity index is 657. The van der Waals surface area contributed by atoms with E-state index in [4.69, 9.17) is 14.2 Å². The van der Waals surface area contributed by atoms with Crippen molar-refractivity contribution in [3.05, 3.63) is 71.3 Å². The van der Waals surface area contributed by atoms with Gasteiger partial charge in [0.2, 0.25) is 0 Å². The van der Waals surface area contributed by atoms with Crippen LogP contribution in [0.1, 0.15) is 22.8 Å². The second-order valence-corrected chi connectivity index (χ2v) is 6.01. The highest BCUT2D eigenvalue weighted by molar-refractivity contribution is 5.32. The van der Waals surface area contributed by atoms with Gasteiger partial charge in [0.1, 0.15) is 24.4 Å². The molecule has 4 heteroatoms. The van der Waals surface area contributed by atoms with Gasteiger partial charge in [0.25, 0.3) is 0 Å². The molecule has 1 N–H and O–H groups in total. The van der Waals surface area contributed by atoms with E-state index in [1.807, 2.05) is 42.5 Å². The van der Waals surface area contributed by atoms with E-state index >= 15 is 0 Å². The highest BCUT2D eigenvalue weighted by atomic mass is 16.6. The molecule has 0 radical (unpaired) electrons. The summed E-state index contributed by atoms with van der Waals surface area (Å²) >= 11 is 0. The van der Waals surface area contributed by atoms with Crippen LogP contribution < -0.4 is 0 Å². The molecule has 0 unspecified atom stereocenters. The first-order valence-corrected chi connectivity index (χ1v) is 7.98. The fourth-order valence-electron chi connectivity index (χ4n) is 3.40. The van der Waals surface area contributed by atoms with Crippen LogP contribution in [0.4, 0.5) is 0 Å². The summed E-state index contributed by atoms with van der Waals surface area (Å²) < 4.78 is 18.1. The van der Waals surface area contributed by atoms with Crippen LogP contribution in [0.3, 0.4) is 0 Å². The lowest BCUT2D eigenvalue weighted by Crippen LogP contribution is -2.38. The van der Waals surface area contributed by atoms with Crippen molar-refractivity contribution < 1.29 is 19.3 Å². The molecule has 2 heterocycles. The van der Waals surface area contributed by atoms with E-state index in [9.17, 15) is 5.11 Å². The lowest BCUT2D eigenvalue weighted by Gasteiger charge is -2.30. The van der Waals surface area contributed by atoms with Gasteiger partial charge in [-0.3, -0.25) is 0 Å². The summed E-state index contributed by atoms with van der Waals surface area (Å²) in [5.41, 5.74) is 3.39. The lowest BCUT2D eigenvalue weighted by molar-refractivity contribution is -0.0882. The third kappa shape index (κ3) is 2.79. The Morgan fingerprint density at radius 1 is 1.04 bits per heavy atom. The zero-order valence-corrected chi connectivity index (χ0v) is 12.8. The SMILES string of the molecule is OC[C@@H]1O[C@H]2c3ccccc3CO[C@@H]2[C@@H]1OCc1ccccc1. The van der Waals surface area contributed by atoms with Crippen LogP contribution in [-0.4, -0.2) is 30.0 Å². The summed E-state index contributed by atoms with van der Waals surface area (Å²) in [4.78, 5) is 0. The van der Waals surface area contributed by atoms with E-state index in [-0.39, 0.29) is 31.0 Å². The number of aliphatic hydroxyl groups is 1. The van der Waals surface area contributed by atoms with Crippen molar-refractivity contribution in [3.8, 4) is 0 Å². The van der Waals surface area contributed by atoms with Gasteiger partial charge in [0, 0.05) is 0 Å². The predicted octanol–water partition coefficient (Wildman–Crippen LogP) is 2.60. The minimum absolute atomic E-state index is 0.0714. The second kappa shape index (κ2) is 6.42. The molecule has 1 fully saturated rings. The standard InChI is InChI=1S/C19H20O4/c20-10-16-18(21-11-13-6-2-1-3-7-13)19-17(23-16)15-9-5-4-8-14(15)12-22-19/h1-9,16-20H,10-12H2/t16-,17-,18+,19-/m0/s1. The van der Waals surface area contributed by atoms with E-state index in [2.05, 4.69) is 12.1 Å². The largest absolute Gasteiger partial charge is 0.394 e. The Morgan fingerprint density at radius 2 is 1.83 bits per heavy atom. The first-order chi connectivity index (χ1) is 11.4. The van der Waals surface area contributed by atoms with Gasteiger partial charge in [0.15, 0.2) is 0 Å². The van der Waals surface area contributed by atoms with Crippen molar-refractivity contribution in [3.63, 3.8) is 0 Å². The highest BCUT2D eigenvalue weighted by Crippen LogP contribution is 2.42. The molecule has 0 aliphatic carbocycles. The average Bonchev–Trinajstić information content (AvgIpc) is 2.99. The number of aliphatic hydroxyl groups excluding tert-OH is 1. The second-order valence-electron chi connectivity index (χ2n) is 6.01. The molecule has 0 amide bonds. The van der Waals surface area contributed by atoms with Crippen LogP contribution in [0, 0.1) is 0 Å². The first kappa shape index (κ1) is 14.8. The molecular formula is C19H20O4. The molecule has 0 saturated carbocycles. The number of benzene rings is 2. The molecule has 4 atom stereocenters. The smallest absolute Gasteiger partial charge is 0.117 e. The Balaban J connectivity index is 1.53. The van der Waals surface area contributed by atoms with Crippen molar-refractivity contribution in [2.75, 3.05) is 6.61 Å². The number of fused-ring (bicyclic) bond motifs is 3. The fourth-order valence-corrected chi connectivity index (χ4v) is 3.40. The summed E-state index contributed by atoms with van der Waals surface area (Å²) in [6.45, 7) is 0.974. The molecule has 2 aromatic rings. The van der Waals surface area contributed by atoms with Crippen LogP contribution in [0.5, 0.6) is 0 Å². The van der Waals surface area contributed by atoms with Gasteiger partial charge in [-0.15, -0.1) is 0 Å². The maximum atomic E-state index is 9.67. The summed E-state index contributed by atoms with van der Waals surface area (Å²) in [6, 6.07) is 18.2. The zero-order valence-electron chi connectivity index (χ0n) is 12.8. The van der Waals surface area contributed by atoms with Crippen molar-refractivity contribution >= 4 is 0 Å². The van der Waals surface area contributed by atoms with Crippen molar-refractivity contribution in [1.82, 2.24) is 0 Å². The molecule has 0 bridgehead atoms. The number of hydrogen-bond acceptors (Lipinski definition) is 4. The molecule has 2 aliphatic heterocycles. The monoisotopic (exact) mass is 312 g/mol. The molecular weight excluding hydrogens is 292 g/mol. The van der Waals surface area contributed by atoms with Crippen LogP contribution in [0.2, 0.25) is 0 Å². The van der Waals surface area contributed by atoms with E-state index < -0.39 is 0 Å². The Morgan fingerprint density at radius 3 is 2.65 bits per heavy atom. The van der Waals surface area contributed by atoms with Gasteiger partial charge in [0.05, 0.1) is 19.8 Å². The minimum Gasteiger partial charge on any atom is -0.394 e. The average molecular weight is 312 g/mol. The Hall–Kier alpha value is -1.72. The maximum Gasteiger partial charge on any atom is 0.117 e. The Kier molecular flexibility index (Phi) is 4.14. The third-order valence-electron chi connectivity index (χ3n) is 4.57. The van der Waals surface area contributed by atoms with Crippen LogP contribution in [-0.2, 0) is 27.4 Å². The van der Waals surface area contributed by atoms with Gasteiger partial charge in [-0.2, -0.15) is 0 Å². The summed E-state index contributed by atoms with van der Waals surface area (Å²) in [7, 11) is 0. The van der Waals surface area contributed by atoms with Gasteiger partial charge >= 0.3 is 0 Å². The number of ether oxygens (including phenoxy) is 3. The van der Waals surface area contributed by atoms with E-state index in [0.29, 0.717) is 13.2 Å². The zero-order chi connectivity index (χ0) is 15.6. The van der Waals surface area contributed by atoms with E-state index in [0.717, 1.165) is 16.7 Å². The first-order valence-electron chi connectivity index (χ1n) is 7.98. The number of hydrogen-bond donors (Lipinski definition) is 1. The molecule has 1 saturated heterocycles. The minimum atomic E-state index is -0.361. The summed E-state index contributed by atoms with van der Waals surface area (Å²) in [5.74, 6) is 0. The molecule has 2 aromatic carbocycles. The molecule has 0 spiro atoms. The van der Waals surface area contributed by atoms with Crippen molar-refractivity contribution in [2.45, 2.75) is 37.6 Å². The van der Waals surface area contributed by atoms with Crippen LogP contribution in [0.25, 0.3) is 0 Å². The summed E-state index contributed by atoms with van der Waals surface area (Å²) in [5, 5.41) is 9.67. The predicted molar refractivity (Wildman–Crippen MR) is 84.7 cm³/mol. The van der Waals surface area contributed by atoms with Gasteiger partial charge in [-0.25, -0.2) is 0 Å². The normalized spacial score (nSPS) is 29.1.